The van der Waals surface area contributed by atoms with Gasteiger partial charge in [0.05, 0.1) is 6.10 Å². The fourth-order valence-corrected chi connectivity index (χ4v) is 2.34. The van der Waals surface area contributed by atoms with Gasteiger partial charge >= 0.3 is 0 Å². The third kappa shape index (κ3) is 4.96. The van der Waals surface area contributed by atoms with E-state index in [0.717, 1.165) is 26.2 Å². The topological polar surface area (TPSA) is 38.5 Å². The fraction of sp³-hybridized carbons (Fsp3) is 1.00. The van der Waals surface area contributed by atoms with Crippen LogP contribution in [0.4, 0.5) is 0 Å². The molecule has 0 aliphatic carbocycles. The molecule has 0 saturated carbocycles. The number of likely N-dealkylation sites (N-methyl/N-ethyl adjacent to an activating group) is 1. The van der Waals surface area contributed by atoms with Crippen molar-refractivity contribution in [2.75, 3.05) is 33.3 Å². The van der Waals surface area contributed by atoms with Crippen LogP contribution in [0.25, 0.3) is 0 Å². The van der Waals surface area contributed by atoms with Crippen LogP contribution < -0.4 is 5.73 Å². The molecule has 0 aromatic heterocycles. The Labute approximate surface area is 94.0 Å². The number of hydrogen-bond donors (Lipinski definition) is 1. The van der Waals surface area contributed by atoms with Gasteiger partial charge in [0, 0.05) is 19.7 Å². The summed E-state index contributed by atoms with van der Waals surface area (Å²) in [4.78, 5) is 2.38. The van der Waals surface area contributed by atoms with Crippen LogP contribution in [0.3, 0.4) is 0 Å². The molecule has 0 radical (unpaired) electrons. The first-order valence-electron chi connectivity index (χ1n) is 6.26. The highest BCUT2D eigenvalue weighted by Gasteiger charge is 2.18. The molecule has 1 rings (SSSR count). The molecular weight excluding hydrogens is 188 g/mol. The number of rotatable bonds is 7. The Bertz CT molecular complexity index is 158. The van der Waals surface area contributed by atoms with Gasteiger partial charge < -0.3 is 15.4 Å². The molecule has 1 aliphatic heterocycles. The van der Waals surface area contributed by atoms with Crippen molar-refractivity contribution in [1.29, 1.82) is 0 Å². The highest BCUT2D eigenvalue weighted by molar-refractivity contribution is 4.71. The zero-order chi connectivity index (χ0) is 11.1. The van der Waals surface area contributed by atoms with Crippen molar-refractivity contribution in [3.05, 3.63) is 0 Å². The second-order valence-electron chi connectivity index (χ2n) is 4.75. The van der Waals surface area contributed by atoms with Crippen molar-refractivity contribution in [3.63, 3.8) is 0 Å². The molecule has 0 spiro atoms. The molecule has 0 amide bonds. The third-order valence-corrected chi connectivity index (χ3v) is 3.14. The predicted molar refractivity (Wildman–Crippen MR) is 63.9 cm³/mol. The summed E-state index contributed by atoms with van der Waals surface area (Å²) >= 11 is 0. The van der Waals surface area contributed by atoms with Crippen molar-refractivity contribution >= 4 is 0 Å². The minimum absolute atomic E-state index is 0.468. The molecule has 2 N–H and O–H groups in total. The molecule has 0 aromatic rings. The first-order chi connectivity index (χ1) is 7.26. The molecule has 1 saturated heterocycles. The molecular formula is C12H26N2O. The van der Waals surface area contributed by atoms with Gasteiger partial charge in [0.1, 0.15) is 0 Å². The van der Waals surface area contributed by atoms with Gasteiger partial charge in [-0.05, 0) is 38.8 Å². The van der Waals surface area contributed by atoms with E-state index in [0.29, 0.717) is 12.0 Å². The smallest absolute Gasteiger partial charge is 0.0702 e. The van der Waals surface area contributed by atoms with Crippen molar-refractivity contribution in [2.24, 2.45) is 11.7 Å². The van der Waals surface area contributed by atoms with Gasteiger partial charge in [-0.25, -0.2) is 0 Å². The Hall–Kier alpha value is -0.120. The predicted octanol–water partition coefficient (Wildman–Crippen LogP) is 1.47. The summed E-state index contributed by atoms with van der Waals surface area (Å²) in [5, 5.41) is 0. The lowest BCUT2D eigenvalue weighted by Crippen LogP contribution is -2.35. The summed E-state index contributed by atoms with van der Waals surface area (Å²) in [5.74, 6) is 0.654. The summed E-state index contributed by atoms with van der Waals surface area (Å²) in [5.41, 5.74) is 5.76. The highest BCUT2D eigenvalue weighted by Crippen LogP contribution is 2.14. The van der Waals surface area contributed by atoms with Crippen molar-refractivity contribution in [3.8, 4) is 0 Å². The number of ether oxygens (including phenoxy) is 1. The van der Waals surface area contributed by atoms with Crippen molar-refractivity contribution < 1.29 is 4.74 Å². The summed E-state index contributed by atoms with van der Waals surface area (Å²) < 4.78 is 5.63. The van der Waals surface area contributed by atoms with E-state index in [4.69, 9.17) is 10.5 Å². The summed E-state index contributed by atoms with van der Waals surface area (Å²) in [7, 11) is 2.18. The first-order valence-corrected chi connectivity index (χ1v) is 6.26. The van der Waals surface area contributed by atoms with Crippen molar-refractivity contribution in [1.82, 2.24) is 4.90 Å². The molecule has 0 aromatic carbocycles. The summed E-state index contributed by atoms with van der Waals surface area (Å²) in [6, 6.07) is 0. The zero-order valence-corrected chi connectivity index (χ0v) is 10.2. The van der Waals surface area contributed by atoms with E-state index in [1.807, 2.05) is 0 Å². The van der Waals surface area contributed by atoms with Gasteiger partial charge in [-0.1, -0.05) is 13.3 Å². The van der Waals surface area contributed by atoms with E-state index in [-0.39, 0.29) is 0 Å². The molecule has 90 valence electrons. The van der Waals surface area contributed by atoms with Crippen LogP contribution in [-0.4, -0.2) is 44.3 Å². The summed E-state index contributed by atoms with van der Waals surface area (Å²) in [6.07, 6.45) is 5.40. The minimum Gasteiger partial charge on any atom is -0.377 e. The molecule has 0 bridgehead atoms. The molecule has 2 atom stereocenters. The maximum absolute atomic E-state index is 5.76. The van der Waals surface area contributed by atoms with Gasteiger partial charge in [-0.3, -0.25) is 0 Å². The monoisotopic (exact) mass is 214 g/mol. The maximum atomic E-state index is 5.76. The average molecular weight is 214 g/mol. The molecule has 1 heterocycles. The minimum atomic E-state index is 0.468. The Kier molecular flexibility index (Phi) is 6.22. The number of nitrogens with two attached hydrogens (primary N) is 1. The van der Waals surface area contributed by atoms with Crippen LogP contribution in [-0.2, 0) is 4.74 Å². The van der Waals surface area contributed by atoms with E-state index in [9.17, 15) is 0 Å². The van der Waals surface area contributed by atoms with Crippen LogP contribution in [0.2, 0.25) is 0 Å². The molecule has 3 heteroatoms. The van der Waals surface area contributed by atoms with Gasteiger partial charge in [-0.15, -0.1) is 0 Å². The van der Waals surface area contributed by atoms with Crippen LogP contribution in [0.5, 0.6) is 0 Å². The summed E-state index contributed by atoms with van der Waals surface area (Å²) in [6.45, 7) is 6.17. The van der Waals surface area contributed by atoms with Gasteiger partial charge in [0.2, 0.25) is 0 Å². The molecule has 15 heavy (non-hydrogen) atoms. The van der Waals surface area contributed by atoms with E-state index in [1.165, 1.54) is 25.7 Å². The van der Waals surface area contributed by atoms with Gasteiger partial charge in [0.25, 0.3) is 0 Å². The van der Waals surface area contributed by atoms with Crippen LogP contribution >= 0.6 is 0 Å². The molecule has 1 aliphatic rings. The number of nitrogens with zero attached hydrogens (tertiary/aromatic N) is 1. The van der Waals surface area contributed by atoms with Crippen LogP contribution in [0, 0.1) is 5.92 Å². The Morgan fingerprint density at radius 2 is 2.33 bits per heavy atom. The highest BCUT2D eigenvalue weighted by atomic mass is 16.5. The van der Waals surface area contributed by atoms with Gasteiger partial charge in [-0.2, -0.15) is 0 Å². The first kappa shape index (κ1) is 12.9. The molecule has 3 nitrogen and oxygen atoms in total. The average Bonchev–Trinajstić information content (AvgIpc) is 2.69. The van der Waals surface area contributed by atoms with Crippen molar-refractivity contribution in [2.45, 2.75) is 38.7 Å². The normalized spacial score (nSPS) is 23.6. The quantitative estimate of drug-likeness (QED) is 0.697. The van der Waals surface area contributed by atoms with Crippen LogP contribution in [0.15, 0.2) is 0 Å². The van der Waals surface area contributed by atoms with E-state index >= 15 is 0 Å². The molecule has 1 fully saturated rings. The standard InChI is InChI=1S/C12H26N2O/c1-3-5-11(8-13)9-14(2)10-12-6-4-7-15-12/h11-12H,3-10,13H2,1-2H3. The van der Waals surface area contributed by atoms with E-state index in [1.54, 1.807) is 0 Å². The number of hydrogen-bond acceptors (Lipinski definition) is 3. The zero-order valence-electron chi connectivity index (χ0n) is 10.2. The Morgan fingerprint density at radius 1 is 1.53 bits per heavy atom. The lowest BCUT2D eigenvalue weighted by molar-refractivity contribution is 0.0765. The lowest BCUT2D eigenvalue weighted by Gasteiger charge is -2.25. The Morgan fingerprint density at radius 3 is 2.87 bits per heavy atom. The second kappa shape index (κ2) is 7.20. The molecule has 2 unspecified atom stereocenters. The third-order valence-electron chi connectivity index (χ3n) is 3.14. The largest absolute Gasteiger partial charge is 0.377 e. The lowest BCUT2D eigenvalue weighted by atomic mass is 10.0. The Balaban J connectivity index is 2.17. The van der Waals surface area contributed by atoms with Gasteiger partial charge in [0.15, 0.2) is 0 Å². The van der Waals surface area contributed by atoms with Crippen LogP contribution in [0.1, 0.15) is 32.6 Å². The van der Waals surface area contributed by atoms with E-state index < -0.39 is 0 Å². The maximum Gasteiger partial charge on any atom is 0.0702 e. The second-order valence-corrected chi connectivity index (χ2v) is 4.75. The SMILES string of the molecule is CCCC(CN)CN(C)CC1CCCO1. The van der Waals surface area contributed by atoms with E-state index in [2.05, 4.69) is 18.9 Å². The fourth-order valence-electron chi connectivity index (χ4n) is 2.34.